The van der Waals surface area contributed by atoms with E-state index in [4.69, 9.17) is 20.9 Å². The molecule has 0 unspecified atom stereocenters. The number of rotatable bonds is 19. The van der Waals surface area contributed by atoms with Gasteiger partial charge >= 0.3 is 0 Å². The van der Waals surface area contributed by atoms with Crippen molar-refractivity contribution < 1.29 is 9.47 Å². The molecule has 4 nitrogen and oxygen atoms in total. The maximum Gasteiger partial charge on any atom is 0.161 e. The Balaban J connectivity index is 2.28. The fraction of sp³-hybridized carbons (Fsp3) is 0.667. The molecule has 0 atom stereocenters. The molecule has 0 fully saturated rings. The third-order valence-electron chi connectivity index (χ3n) is 4.92. The smallest absolute Gasteiger partial charge is 0.161 e. The second kappa shape index (κ2) is 17.6. The van der Waals surface area contributed by atoms with Gasteiger partial charge in [0.1, 0.15) is 0 Å². The Labute approximate surface area is 172 Å². The highest BCUT2D eigenvalue weighted by molar-refractivity contribution is 5.54. The van der Waals surface area contributed by atoms with Crippen molar-refractivity contribution in [1.29, 1.82) is 0 Å². The minimum Gasteiger partial charge on any atom is -0.490 e. The number of benzene rings is 1. The average Bonchev–Trinajstić information content (AvgIpc) is 2.72. The lowest BCUT2D eigenvalue weighted by Crippen LogP contribution is -2.03. The van der Waals surface area contributed by atoms with Gasteiger partial charge in [-0.05, 0) is 56.5 Å². The standard InChI is InChI=1S/C24H42N2O2/c1-2-22-15-16-23(27-19-13-9-5-3-7-11-17-25)24(21-22)28-20-14-10-6-4-8-12-18-26/h2,15-16,21H,1,3-14,17-20,25-26H2. The SMILES string of the molecule is C=Cc1ccc(OCCCCCCCCN)c(OCCCCCCCCN)c1. The molecule has 0 heterocycles. The van der Waals surface area contributed by atoms with E-state index >= 15 is 0 Å². The molecule has 1 aromatic carbocycles. The average molecular weight is 391 g/mol. The van der Waals surface area contributed by atoms with Gasteiger partial charge in [-0.15, -0.1) is 0 Å². The first-order valence-corrected chi connectivity index (χ1v) is 11.2. The number of hydrogen-bond donors (Lipinski definition) is 2. The Morgan fingerprint density at radius 3 is 1.61 bits per heavy atom. The van der Waals surface area contributed by atoms with Crippen molar-refractivity contribution in [3.05, 3.63) is 30.3 Å². The van der Waals surface area contributed by atoms with Gasteiger partial charge < -0.3 is 20.9 Å². The second-order valence-electron chi connectivity index (χ2n) is 7.43. The fourth-order valence-electron chi connectivity index (χ4n) is 3.15. The van der Waals surface area contributed by atoms with E-state index in [-0.39, 0.29) is 0 Å². The van der Waals surface area contributed by atoms with E-state index in [1.807, 2.05) is 24.3 Å². The zero-order valence-electron chi connectivity index (χ0n) is 17.8. The molecule has 0 aliphatic carbocycles. The van der Waals surface area contributed by atoms with Crippen molar-refractivity contribution in [1.82, 2.24) is 0 Å². The highest BCUT2D eigenvalue weighted by Gasteiger charge is 2.06. The normalized spacial score (nSPS) is 10.8. The molecule has 0 aliphatic heterocycles. The molecule has 0 aromatic heterocycles. The van der Waals surface area contributed by atoms with E-state index in [2.05, 4.69) is 6.58 Å². The van der Waals surface area contributed by atoms with Gasteiger partial charge in [0.15, 0.2) is 11.5 Å². The Hall–Kier alpha value is -1.52. The van der Waals surface area contributed by atoms with E-state index in [0.29, 0.717) is 0 Å². The lowest BCUT2D eigenvalue weighted by atomic mass is 10.1. The minimum atomic E-state index is 0.731. The topological polar surface area (TPSA) is 70.5 Å². The highest BCUT2D eigenvalue weighted by atomic mass is 16.5. The molecule has 4 heteroatoms. The van der Waals surface area contributed by atoms with Crippen molar-refractivity contribution in [2.45, 2.75) is 77.0 Å². The molecule has 0 saturated heterocycles. The molecule has 0 aliphatic rings. The van der Waals surface area contributed by atoms with Crippen LogP contribution in [-0.2, 0) is 0 Å². The molecule has 0 radical (unpaired) electrons. The van der Waals surface area contributed by atoms with Crippen LogP contribution in [0.5, 0.6) is 11.5 Å². The Morgan fingerprint density at radius 2 is 1.11 bits per heavy atom. The molecule has 28 heavy (non-hydrogen) atoms. The van der Waals surface area contributed by atoms with E-state index in [9.17, 15) is 0 Å². The van der Waals surface area contributed by atoms with Crippen molar-refractivity contribution in [2.75, 3.05) is 26.3 Å². The van der Waals surface area contributed by atoms with Crippen LogP contribution < -0.4 is 20.9 Å². The van der Waals surface area contributed by atoms with E-state index in [1.165, 1.54) is 51.4 Å². The quantitative estimate of drug-likeness (QED) is 0.298. The molecule has 0 spiro atoms. The van der Waals surface area contributed by atoms with Crippen LogP contribution in [0, 0.1) is 0 Å². The highest BCUT2D eigenvalue weighted by Crippen LogP contribution is 2.29. The van der Waals surface area contributed by atoms with Crippen LogP contribution in [0.1, 0.15) is 82.6 Å². The fourth-order valence-corrected chi connectivity index (χ4v) is 3.15. The van der Waals surface area contributed by atoms with Gasteiger partial charge in [-0.2, -0.15) is 0 Å². The Bertz CT molecular complexity index is 505. The lowest BCUT2D eigenvalue weighted by molar-refractivity contribution is 0.258. The van der Waals surface area contributed by atoms with Crippen molar-refractivity contribution in [2.24, 2.45) is 11.5 Å². The third kappa shape index (κ3) is 12.0. The Kier molecular flexibility index (Phi) is 15.4. The summed E-state index contributed by atoms with van der Waals surface area (Å²) < 4.78 is 12.0. The third-order valence-corrected chi connectivity index (χ3v) is 4.92. The zero-order valence-corrected chi connectivity index (χ0v) is 17.8. The van der Waals surface area contributed by atoms with Gasteiger partial charge in [0, 0.05) is 0 Å². The summed E-state index contributed by atoms with van der Waals surface area (Å²) in [6, 6.07) is 6.05. The number of unbranched alkanes of at least 4 members (excludes halogenated alkanes) is 10. The summed E-state index contributed by atoms with van der Waals surface area (Å²) in [6.45, 7) is 6.93. The molecule has 0 saturated carbocycles. The van der Waals surface area contributed by atoms with Gasteiger partial charge in [-0.1, -0.05) is 70.1 Å². The maximum atomic E-state index is 6.03. The van der Waals surface area contributed by atoms with Gasteiger partial charge in [0.2, 0.25) is 0 Å². The zero-order chi connectivity index (χ0) is 20.3. The first-order valence-electron chi connectivity index (χ1n) is 11.2. The van der Waals surface area contributed by atoms with E-state index < -0.39 is 0 Å². The van der Waals surface area contributed by atoms with Crippen LogP contribution in [-0.4, -0.2) is 26.3 Å². The molecule has 0 amide bonds. The predicted octanol–water partition coefficient (Wildman–Crippen LogP) is 5.69. The van der Waals surface area contributed by atoms with Crippen molar-refractivity contribution in [3.8, 4) is 11.5 Å². The van der Waals surface area contributed by atoms with Gasteiger partial charge in [0.25, 0.3) is 0 Å². The summed E-state index contributed by atoms with van der Waals surface area (Å²) in [5.74, 6) is 1.68. The van der Waals surface area contributed by atoms with Crippen LogP contribution in [0.4, 0.5) is 0 Å². The molecule has 1 aromatic rings. The van der Waals surface area contributed by atoms with E-state index in [0.717, 1.165) is 69.0 Å². The van der Waals surface area contributed by atoms with Crippen molar-refractivity contribution in [3.63, 3.8) is 0 Å². The van der Waals surface area contributed by atoms with Gasteiger partial charge in [-0.25, -0.2) is 0 Å². The summed E-state index contributed by atoms with van der Waals surface area (Å²) in [6.07, 6.45) is 16.2. The number of ether oxygens (including phenoxy) is 2. The monoisotopic (exact) mass is 390 g/mol. The summed E-state index contributed by atoms with van der Waals surface area (Å²) in [7, 11) is 0. The molecule has 0 bridgehead atoms. The van der Waals surface area contributed by atoms with Gasteiger partial charge in [-0.3, -0.25) is 0 Å². The first-order chi connectivity index (χ1) is 13.8. The van der Waals surface area contributed by atoms with Crippen LogP contribution in [0.2, 0.25) is 0 Å². The number of hydrogen-bond acceptors (Lipinski definition) is 4. The van der Waals surface area contributed by atoms with Crippen LogP contribution in [0.25, 0.3) is 6.08 Å². The largest absolute Gasteiger partial charge is 0.490 e. The molecule has 4 N–H and O–H groups in total. The summed E-state index contributed by atoms with van der Waals surface area (Å²) in [5.41, 5.74) is 12.1. The predicted molar refractivity (Wildman–Crippen MR) is 121 cm³/mol. The summed E-state index contributed by atoms with van der Waals surface area (Å²) in [5, 5.41) is 0. The maximum absolute atomic E-state index is 6.03. The lowest BCUT2D eigenvalue weighted by Gasteiger charge is -2.14. The summed E-state index contributed by atoms with van der Waals surface area (Å²) in [4.78, 5) is 0. The number of nitrogens with two attached hydrogens (primary N) is 2. The molecular formula is C24H42N2O2. The van der Waals surface area contributed by atoms with E-state index in [1.54, 1.807) is 0 Å². The van der Waals surface area contributed by atoms with Crippen LogP contribution >= 0.6 is 0 Å². The van der Waals surface area contributed by atoms with Crippen LogP contribution in [0.15, 0.2) is 24.8 Å². The first kappa shape index (κ1) is 24.5. The second-order valence-corrected chi connectivity index (χ2v) is 7.43. The van der Waals surface area contributed by atoms with Gasteiger partial charge in [0.05, 0.1) is 13.2 Å². The van der Waals surface area contributed by atoms with Crippen molar-refractivity contribution >= 4 is 6.08 Å². The molecular weight excluding hydrogens is 348 g/mol. The summed E-state index contributed by atoms with van der Waals surface area (Å²) >= 11 is 0. The van der Waals surface area contributed by atoms with Crippen LogP contribution in [0.3, 0.4) is 0 Å². The Morgan fingerprint density at radius 1 is 0.643 bits per heavy atom. The molecule has 1 rings (SSSR count). The minimum absolute atomic E-state index is 0.731. The molecule has 160 valence electrons.